The average molecular weight is 299 g/mol. The van der Waals surface area contributed by atoms with Gasteiger partial charge in [-0.2, -0.15) is 11.3 Å². The third-order valence-electron chi connectivity index (χ3n) is 3.15. The maximum atomic E-state index is 6.21. The predicted molar refractivity (Wildman–Crippen MR) is 82.0 cm³/mol. The molecule has 0 nitrogen and oxygen atoms in total. The fraction of sp³-hybridized carbons (Fsp3) is 0.333. The first kappa shape index (κ1) is 13.9. The standard InChI is InChI=1S/C15H16Cl2S/c16-11-15(12-17,9-14-6-7-18-10-14)8-13-4-2-1-3-5-13/h1-7,10H,8-9,11-12H2. The summed E-state index contributed by atoms with van der Waals surface area (Å²) in [5.41, 5.74) is 2.58. The van der Waals surface area contributed by atoms with E-state index in [-0.39, 0.29) is 5.41 Å². The molecular formula is C15H16Cl2S. The molecule has 2 aromatic rings. The summed E-state index contributed by atoms with van der Waals surface area (Å²) in [6, 6.07) is 12.6. The van der Waals surface area contributed by atoms with Crippen molar-refractivity contribution in [1.29, 1.82) is 0 Å². The zero-order valence-electron chi connectivity index (χ0n) is 10.1. The van der Waals surface area contributed by atoms with Crippen molar-refractivity contribution in [1.82, 2.24) is 0 Å². The summed E-state index contributed by atoms with van der Waals surface area (Å²) in [4.78, 5) is 0. The highest BCUT2D eigenvalue weighted by Gasteiger charge is 2.29. The van der Waals surface area contributed by atoms with Crippen molar-refractivity contribution in [3.05, 3.63) is 58.3 Å². The second-order valence-corrected chi connectivity index (χ2v) is 6.05. The predicted octanol–water partition coefficient (Wildman–Crippen LogP) is 5.00. The van der Waals surface area contributed by atoms with Crippen LogP contribution in [-0.4, -0.2) is 11.8 Å². The fourth-order valence-electron chi connectivity index (χ4n) is 2.14. The third kappa shape index (κ3) is 3.50. The number of benzene rings is 1. The van der Waals surface area contributed by atoms with Crippen LogP contribution < -0.4 is 0 Å². The molecule has 0 aliphatic rings. The van der Waals surface area contributed by atoms with Crippen LogP contribution in [0.1, 0.15) is 11.1 Å². The van der Waals surface area contributed by atoms with Crippen LogP contribution in [0.3, 0.4) is 0 Å². The van der Waals surface area contributed by atoms with Gasteiger partial charge in [0.25, 0.3) is 0 Å². The summed E-state index contributed by atoms with van der Waals surface area (Å²) < 4.78 is 0. The van der Waals surface area contributed by atoms with Gasteiger partial charge in [0.2, 0.25) is 0 Å². The van der Waals surface area contributed by atoms with E-state index in [1.165, 1.54) is 11.1 Å². The van der Waals surface area contributed by atoms with Gasteiger partial charge in [0.05, 0.1) is 0 Å². The second kappa shape index (κ2) is 6.60. The highest BCUT2D eigenvalue weighted by atomic mass is 35.5. The smallest absolute Gasteiger partial charge is 0.0297 e. The Bertz CT molecular complexity index is 447. The lowest BCUT2D eigenvalue weighted by atomic mass is 9.80. The number of hydrogen-bond donors (Lipinski definition) is 0. The van der Waals surface area contributed by atoms with Crippen LogP contribution >= 0.6 is 34.5 Å². The lowest BCUT2D eigenvalue weighted by Gasteiger charge is -2.29. The quantitative estimate of drug-likeness (QED) is 0.659. The first-order valence-electron chi connectivity index (χ1n) is 5.95. The zero-order valence-corrected chi connectivity index (χ0v) is 12.4. The maximum Gasteiger partial charge on any atom is 0.0297 e. The Morgan fingerprint density at radius 3 is 2.11 bits per heavy atom. The molecule has 0 bridgehead atoms. The molecule has 18 heavy (non-hydrogen) atoms. The van der Waals surface area contributed by atoms with Gasteiger partial charge in [-0.05, 0) is 40.8 Å². The fourth-order valence-corrected chi connectivity index (χ4v) is 3.47. The molecule has 2 rings (SSSR count). The summed E-state index contributed by atoms with van der Waals surface area (Å²) in [5.74, 6) is 1.17. The number of alkyl halides is 2. The van der Waals surface area contributed by atoms with Crippen LogP contribution in [-0.2, 0) is 12.8 Å². The summed E-state index contributed by atoms with van der Waals surface area (Å²) >= 11 is 14.1. The van der Waals surface area contributed by atoms with Crippen LogP contribution in [0.4, 0.5) is 0 Å². The van der Waals surface area contributed by atoms with Gasteiger partial charge in [-0.3, -0.25) is 0 Å². The molecule has 0 saturated carbocycles. The van der Waals surface area contributed by atoms with Crippen molar-refractivity contribution >= 4 is 34.5 Å². The average Bonchev–Trinajstić information content (AvgIpc) is 2.92. The van der Waals surface area contributed by atoms with Gasteiger partial charge in [-0.25, -0.2) is 0 Å². The van der Waals surface area contributed by atoms with Crippen molar-refractivity contribution in [3.63, 3.8) is 0 Å². The van der Waals surface area contributed by atoms with Gasteiger partial charge in [0, 0.05) is 17.2 Å². The number of thiophene rings is 1. The van der Waals surface area contributed by atoms with E-state index in [4.69, 9.17) is 23.2 Å². The Balaban J connectivity index is 2.16. The zero-order chi connectivity index (χ0) is 12.8. The topological polar surface area (TPSA) is 0 Å². The molecule has 0 atom stereocenters. The molecule has 0 fully saturated rings. The van der Waals surface area contributed by atoms with Crippen molar-refractivity contribution in [3.8, 4) is 0 Å². The Hall–Kier alpha value is -0.500. The number of halogens is 2. The number of rotatable bonds is 6. The van der Waals surface area contributed by atoms with E-state index in [1.54, 1.807) is 11.3 Å². The maximum absolute atomic E-state index is 6.21. The van der Waals surface area contributed by atoms with Gasteiger partial charge in [0.15, 0.2) is 0 Å². The van der Waals surface area contributed by atoms with Crippen molar-refractivity contribution in [2.75, 3.05) is 11.8 Å². The Kier molecular flexibility index (Phi) is 5.11. The van der Waals surface area contributed by atoms with Gasteiger partial charge >= 0.3 is 0 Å². The summed E-state index contributed by atoms with van der Waals surface area (Å²) in [6.07, 6.45) is 1.87. The van der Waals surface area contributed by atoms with Gasteiger partial charge in [0.1, 0.15) is 0 Å². The lowest BCUT2D eigenvalue weighted by Crippen LogP contribution is -2.30. The van der Waals surface area contributed by atoms with Gasteiger partial charge < -0.3 is 0 Å². The molecule has 0 unspecified atom stereocenters. The van der Waals surface area contributed by atoms with E-state index in [2.05, 4.69) is 41.1 Å². The molecule has 1 aromatic carbocycles. The number of hydrogen-bond acceptors (Lipinski definition) is 1. The van der Waals surface area contributed by atoms with Crippen LogP contribution in [0, 0.1) is 5.41 Å². The van der Waals surface area contributed by atoms with Crippen molar-refractivity contribution in [2.24, 2.45) is 5.41 Å². The second-order valence-electron chi connectivity index (χ2n) is 4.74. The first-order valence-corrected chi connectivity index (χ1v) is 7.96. The molecule has 0 spiro atoms. The van der Waals surface area contributed by atoms with Gasteiger partial charge in [-0.1, -0.05) is 30.3 Å². The highest BCUT2D eigenvalue weighted by molar-refractivity contribution is 7.07. The Morgan fingerprint density at radius 2 is 1.56 bits per heavy atom. The minimum Gasteiger partial charge on any atom is -0.152 e. The summed E-state index contributed by atoms with van der Waals surface area (Å²) in [7, 11) is 0. The van der Waals surface area contributed by atoms with E-state index in [0.29, 0.717) is 11.8 Å². The molecule has 0 aliphatic heterocycles. The molecule has 1 heterocycles. The van der Waals surface area contributed by atoms with Crippen LogP contribution in [0.2, 0.25) is 0 Å². The van der Waals surface area contributed by atoms with E-state index in [0.717, 1.165) is 12.8 Å². The van der Waals surface area contributed by atoms with Crippen molar-refractivity contribution < 1.29 is 0 Å². The first-order chi connectivity index (χ1) is 8.78. The van der Waals surface area contributed by atoms with Crippen molar-refractivity contribution in [2.45, 2.75) is 12.8 Å². The summed E-state index contributed by atoms with van der Waals surface area (Å²) in [5, 5.41) is 4.28. The molecular weight excluding hydrogens is 283 g/mol. The SMILES string of the molecule is ClCC(CCl)(Cc1ccccc1)Cc1ccsc1. The van der Waals surface area contributed by atoms with Crippen LogP contribution in [0.5, 0.6) is 0 Å². The molecule has 0 radical (unpaired) electrons. The monoisotopic (exact) mass is 298 g/mol. The highest BCUT2D eigenvalue weighted by Crippen LogP contribution is 2.31. The molecule has 0 N–H and O–H groups in total. The molecule has 0 saturated heterocycles. The van der Waals surface area contributed by atoms with E-state index >= 15 is 0 Å². The molecule has 0 amide bonds. The molecule has 96 valence electrons. The Labute approximate surface area is 123 Å². The minimum atomic E-state index is -0.0501. The summed E-state index contributed by atoms with van der Waals surface area (Å²) in [6.45, 7) is 0. The molecule has 3 heteroatoms. The normalized spacial score (nSPS) is 11.7. The van der Waals surface area contributed by atoms with E-state index < -0.39 is 0 Å². The van der Waals surface area contributed by atoms with Gasteiger partial charge in [-0.15, -0.1) is 23.2 Å². The molecule has 0 aliphatic carbocycles. The minimum absolute atomic E-state index is 0.0501. The molecule has 1 aromatic heterocycles. The van der Waals surface area contributed by atoms with Crippen LogP contribution in [0.25, 0.3) is 0 Å². The van der Waals surface area contributed by atoms with E-state index in [9.17, 15) is 0 Å². The largest absolute Gasteiger partial charge is 0.152 e. The van der Waals surface area contributed by atoms with Crippen LogP contribution in [0.15, 0.2) is 47.2 Å². The van der Waals surface area contributed by atoms with E-state index in [1.807, 2.05) is 6.07 Å². The lowest BCUT2D eigenvalue weighted by molar-refractivity contribution is 0.374. The Morgan fingerprint density at radius 1 is 0.889 bits per heavy atom. The third-order valence-corrected chi connectivity index (χ3v) is 5.01.